The second-order valence-electron chi connectivity index (χ2n) is 7.49. The normalized spacial score (nSPS) is 17.5. The number of aliphatic hydroxyl groups excluding tert-OH is 1. The van der Waals surface area contributed by atoms with E-state index in [0.717, 1.165) is 35.2 Å². The Morgan fingerprint density at radius 1 is 1.39 bits per heavy atom. The van der Waals surface area contributed by atoms with Crippen LogP contribution in [-0.4, -0.2) is 33.5 Å². The summed E-state index contributed by atoms with van der Waals surface area (Å²) in [4.78, 5) is 22.3. The SMILES string of the molecule is Cc1ccc(OC[C@H](O)CSc2nc3sc4c(c3c(=O)[nH]2)CC[C@H](C)C4)cc1. The zero-order chi connectivity index (χ0) is 19.7. The summed E-state index contributed by atoms with van der Waals surface area (Å²) in [5.74, 6) is 1.81. The molecular weight excluding hydrogens is 392 g/mol. The molecule has 0 saturated heterocycles. The highest BCUT2D eigenvalue weighted by Gasteiger charge is 2.23. The van der Waals surface area contributed by atoms with Gasteiger partial charge in [0.15, 0.2) is 5.16 Å². The van der Waals surface area contributed by atoms with Crippen molar-refractivity contribution in [2.75, 3.05) is 12.4 Å². The topological polar surface area (TPSA) is 75.2 Å². The Bertz CT molecular complexity index is 1030. The van der Waals surface area contributed by atoms with Gasteiger partial charge in [-0.1, -0.05) is 36.4 Å². The molecule has 0 spiro atoms. The Labute approximate surface area is 172 Å². The van der Waals surface area contributed by atoms with E-state index in [2.05, 4.69) is 16.9 Å². The summed E-state index contributed by atoms with van der Waals surface area (Å²) in [6, 6.07) is 7.73. The lowest BCUT2D eigenvalue weighted by Gasteiger charge is -2.17. The van der Waals surface area contributed by atoms with Gasteiger partial charge in [-0.3, -0.25) is 4.79 Å². The van der Waals surface area contributed by atoms with Crippen molar-refractivity contribution in [3.8, 4) is 5.75 Å². The molecule has 0 bridgehead atoms. The molecule has 1 aliphatic rings. The molecule has 0 aliphatic heterocycles. The van der Waals surface area contributed by atoms with Crippen LogP contribution in [0.3, 0.4) is 0 Å². The lowest BCUT2D eigenvalue weighted by Crippen LogP contribution is -2.20. The number of aromatic nitrogens is 2. The molecule has 28 heavy (non-hydrogen) atoms. The minimum Gasteiger partial charge on any atom is -0.491 e. The van der Waals surface area contributed by atoms with Crippen LogP contribution in [0.2, 0.25) is 0 Å². The predicted octanol–water partition coefficient (Wildman–Crippen LogP) is 3.95. The molecule has 148 valence electrons. The van der Waals surface area contributed by atoms with Crippen LogP contribution >= 0.6 is 23.1 Å². The number of fused-ring (bicyclic) bond motifs is 3. The minimum absolute atomic E-state index is 0.0649. The summed E-state index contributed by atoms with van der Waals surface area (Å²) < 4.78 is 5.62. The van der Waals surface area contributed by atoms with Gasteiger partial charge in [-0.25, -0.2) is 4.98 Å². The second kappa shape index (κ2) is 8.27. The molecule has 3 aromatic rings. The third-order valence-corrected chi connectivity index (χ3v) is 7.19. The van der Waals surface area contributed by atoms with Crippen molar-refractivity contribution >= 4 is 33.3 Å². The number of thioether (sulfide) groups is 1. The van der Waals surface area contributed by atoms with Gasteiger partial charge in [0.25, 0.3) is 5.56 Å². The number of nitrogens with one attached hydrogen (secondary N) is 1. The number of aryl methyl sites for hydroxylation is 2. The number of hydrogen-bond acceptors (Lipinski definition) is 6. The van der Waals surface area contributed by atoms with Gasteiger partial charge in [0, 0.05) is 10.6 Å². The van der Waals surface area contributed by atoms with E-state index in [1.165, 1.54) is 27.8 Å². The number of thiophene rings is 1. The first-order valence-electron chi connectivity index (χ1n) is 9.54. The van der Waals surface area contributed by atoms with Crippen molar-refractivity contribution < 1.29 is 9.84 Å². The van der Waals surface area contributed by atoms with Crippen LogP contribution in [0.5, 0.6) is 5.75 Å². The van der Waals surface area contributed by atoms with Gasteiger partial charge in [-0.15, -0.1) is 11.3 Å². The number of aliphatic hydroxyl groups is 1. The van der Waals surface area contributed by atoms with Crippen LogP contribution in [0.25, 0.3) is 10.2 Å². The highest BCUT2D eigenvalue weighted by atomic mass is 32.2. The largest absolute Gasteiger partial charge is 0.491 e. The number of hydrogen-bond donors (Lipinski definition) is 2. The molecule has 7 heteroatoms. The van der Waals surface area contributed by atoms with Crippen LogP contribution in [0.4, 0.5) is 0 Å². The van der Waals surface area contributed by atoms with Crippen LogP contribution in [-0.2, 0) is 12.8 Å². The van der Waals surface area contributed by atoms with E-state index in [1.807, 2.05) is 31.2 Å². The van der Waals surface area contributed by atoms with Gasteiger partial charge < -0.3 is 14.8 Å². The van der Waals surface area contributed by atoms with Crippen LogP contribution < -0.4 is 10.3 Å². The van der Waals surface area contributed by atoms with Gasteiger partial charge >= 0.3 is 0 Å². The zero-order valence-electron chi connectivity index (χ0n) is 16.0. The van der Waals surface area contributed by atoms with Crippen LogP contribution in [0, 0.1) is 12.8 Å². The first kappa shape index (κ1) is 19.5. The lowest BCUT2D eigenvalue weighted by atomic mass is 9.89. The molecule has 2 aromatic heterocycles. The Morgan fingerprint density at radius 2 is 2.18 bits per heavy atom. The smallest absolute Gasteiger partial charge is 0.260 e. The Balaban J connectivity index is 1.40. The standard InChI is InChI=1S/C21H24N2O3S2/c1-12-3-6-15(7-4-12)26-10-14(24)11-27-21-22-19(25)18-16-8-5-13(2)9-17(16)28-20(18)23-21/h3-4,6-7,13-14,24H,5,8-11H2,1-2H3,(H,22,23,25)/t13-,14-/m0/s1. The predicted molar refractivity (Wildman–Crippen MR) is 115 cm³/mol. The molecular formula is C21H24N2O3S2. The quantitative estimate of drug-likeness (QED) is 0.470. The number of aromatic amines is 1. The summed E-state index contributed by atoms with van der Waals surface area (Å²) in [5.41, 5.74) is 2.29. The molecule has 0 radical (unpaired) electrons. The number of H-pyrrole nitrogens is 1. The van der Waals surface area contributed by atoms with Gasteiger partial charge in [-0.2, -0.15) is 0 Å². The van der Waals surface area contributed by atoms with E-state index in [1.54, 1.807) is 11.3 Å². The maximum absolute atomic E-state index is 12.6. The molecule has 2 N–H and O–H groups in total. The number of nitrogens with zero attached hydrogens (tertiary/aromatic N) is 1. The molecule has 0 saturated carbocycles. The number of benzene rings is 1. The molecule has 0 unspecified atom stereocenters. The van der Waals surface area contributed by atoms with E-state index in [0.29, 0.717) is 16.8 Å². The molecule has 4 rings (SSSR count). The fourth-order valence-electron chi connectivity index (χ4n) is 3.45. The first-order valence-corrected chi connectivity index (χ1v) is 11.3. The monoisotopic (exact) mass is 416 g/mol. The van der Waals surface area contributed by atoms with Gasteiger partial charge in [0.2, 0.25) is 0 Å². The number of rotatable bonds is 6. The Morgan fingerprint density at radius 3 is 2.96 bits per heavy atom. The van der Waals surface area contributed by atoms with E-state index in [-0.39, 0.29) is 12.2 Å². The Hall–Kier alpha value is -1.83. The summed E-state index contributed by atoms with van der Waals surface area (Å²) in [5, 5.41) is 11.5. The third-order valence-electron chi connectivity index (χ3n) is 5.02. The lowest BCUT2D eigenvalue weighted by molar-refractivity contribution is 0.126. The maximum atomic E-state index is 12.6. The van der Waals surface area contributed by atoms with E-state index < -0.39 is 6.10 Å². The fourth-order valence-corrected chi connectivity index (χ4v) is 5.66. The van der Waals surface area contributed by atoms with Crippen molar-refractivity contribution in [1.82, 2.24) is 9.97 Å². The molecule has 2 atom stereocenters. The van der Waals surface area contributed by atoms with Crippen LogP contribution in [0.1, 0.15) is 29.3 Å². The molecule has 1 aromatic carbocycles. The minimum atomic E-state index is -0.648. The summed E-state index contributed by atoms with van der Waals surface area (Å²) in [6.07, 6.45) is 2.47. The molecule has 0 amide bonds. The van der Waals surface area contributed by atoms with Crippen molar-refractivity contribution in [3.05, 3.63) is 50.6 Å². The van der Waals surface area contributed by atoms with Crippen LogP contribution in [0.15, 0.2) is 34.2 Å². The summed E-state index contributed by atoms with van der Waals surface area (Å²) >= 11 is 2.99. The molecule has 0 fully saturated rings. The van der Waals surface area contributed by atoms with E-state index in [4.69, 9.17) is 4.74 Å². The maximum Gasteiger partial charge on any atom is 0.260 e. The van der Waals surface area contributed by atoms with Crippen molar-refractivity contribution in [2.45, 2.75) is 44.4 Å². The fraction of sp³-hybridized carbons (Fsp3) is 0.429. The van der Waals surface area contributed by atoms with E-state index in [9.17, 15) is 9.90 Å². The van der Waals surface area contributed by atoms with Crippen molar-refractivity contribution in [1.29, 1.82) is 0 Å². The first-order chi connectivity index (χ1) is 13.5. The van der Waals surface area contributed by atoms with Gasteiger partial charge in [-0.05, 0) is 49.8 Å². The second-order valence-corrected chi connectivity index (χ2v) is 9.58. The van der Waals surface area contributed by atoms with Gasteiger partial charge in [0.1, 0.15) is 17.2 Å². The molecule has 5 nitrogen and oxygen atoms in total. The number of ether oxygens (including phenoxy) is 1. The summed E-state index contributed by atoms with van der Waals surface area (Å²) in [6.45, 7) is 4.48. The van der Waals surface area contributed by atoms with E-state index >= 15 is 0 Å². The average molecular weight is 417 g/mol. The van der Waals surface area contributed by atoms with Crippen molar-refractivity contribution in [2.24, 2.45) is 5.92 Å². The third kappa shape index (κ3) is 4.26. The van der Waals surface area contributed by atoms with Crippen molar-refractivity contribution in [3.63, 3.8) is 0 Å². The van der Waals surface area contributed by atoms with Gasteiger partial charge in [0.05, 0.1) is 11.5 Å². The highest BCUT2D eigenvalue weighted by molar-refractivity contribution is 7.99. The zero-order valence-corrected chi connectivity index (χ0v) is 17.7. The highest BCUT2D eigenvalue weighted by Crippen LogP contribution is 2.36. The molecule has 2 heterocycles. The Kier molecular flexibility index (Phi) is 5.75. The molecule has 1 aliphatic carbocycles. The summed E-state index contributed by atoms with van der Waals surface area (Å²) in [7, 11) is 0. The average Bonchev–Trinajstić information content (AvgIpc) is 3.03.